The highest BCUT2D eigenvalue weighted by Crippen LogP contribution is 2.16. The van der Waals surface area contributed by atoms with Crippen LogP contribution in [0.2, 0.25) is 0 Å². The molecule has 0 aliphatic carbocycles. The number of halogens is 1. The van der Waals surface area contributed by atoms with Gasteiger partial charge in [-0.25, -0.2) is 9.98 Å². The maximum Gasteiger partial charge on any atom is 0.224 e. The zero-order chi connectivity index (χ0) is 21.2. The van der Waals surface area contributed by atoms with E-state index >= 15 is 0 Å². The van der Waals surface area contributed by atoms with Gasteiger partial charge in [0, 0.05) is 62.5 Å². The van der Waals surface area contributed by atoms with E-state index in [0.29, 0.717) is 19.5 Å². The lowest BCUT2D eigenvalue weighted by Crippen LogP contribution is -2.49. The highest BCUT2D eigenvalue weighted by molar-refractivity contribution is 14.0. The fourth-order valence-corrected chi connectivity index (χ4v) is 4.16. The van der Waals surface area contributed by atoms with Crippen LogP contribution in [0.25, 0.3) is 0 Å². The quantitative estimate of drug-likeness (QED) is 0.297. The molecular formula is C22H33IN6OS. The number of aliphatic imine (C=N–C) groups is 1. The molecule has 0 spiro atoms. The molecule has 2 N–H and O–H groups in total. The number of rotatable bonds is 8. The number of nitrogens with one attached hydrogen (secondary N) is 2. The number of para-hydroxylation sites is 1. The van der Waals surface area contributed by atoms with Crippen molar-refractivity contribution in [2.75, 3.05) is 44.2 Å². The van der Waals surface area contributed by atoms with Crippen LogP contribution in [-0.2, 0) is 17.8 Å². The maximum atomic E-state index is 12.6. The normalized spacial score (nSPS) is 14.2. The van der Waals surface area contributed by atoms with Crippen LogP contribution in [0.1, 0.15) is 30.2 Å². The molecule has 31 heavy (non-hydrogen) atoms. The second-order valence-corrected chi connectivity index (χ2v) is 8.35. The Morgan fingerprint density at radius 1 is 1.13 bits per heavy atom. The number of aryl methyl sites for hydroxylation is 1. The molecule has 7 nitrogen and oxygen atoms in total. The number of anilines is 1. The summed E-state index contributed by atoms with van der Waals surface area (Å²) in [6.07, 6.45) is 3.39. The topological polar surface area (TPSA) is 72.9 Å². The van der Waals surface area contributed by atoms with Crippen LogP contribution in [-0.4, -0.2) is 61.0 Å². The van der Waals surface area contributed by atoms with Crippen molar-refractivity contribution in [3.8, 4) is 0 Å². The first-order valence-electron chi connectivity index (χ1n) is 10.7. The summed E-state index contributed by atoms with van der Waals surface area (Å²) in [5.41, 5.74) is 1.23. The number of aromatic nitrogens is 1. The van der Waals surface area contributed by atoms with E-state index in [4.69, 9.17) is 0 Å². The fraction of sp³-hybridized carbons (Fsp3) is 0.500. The van der Waals surface area contributed by atoms with Gasteiger partial charge >= 0.3 is 0 Å². The number of thiazole rings is 1. The predicted molar refractivity (Wildman–Crippen MR) is 140 cm³/mol. The van der Waals surface area contributed by atoms with Gasteiger partial charge in [0.25, 0.3) is 0 Å². The van der Waals surface area contributed by atoms with E-state index in [-0.39, 0.29) is 29.9 Å². The standard InChI is InChI=1S/C22H32N6OS.HI/c1-3-19-16-25-20(30-19)17-26-22(23-4-2)24-11-10-21(29)28-14-12-27(13-15-28)18-8-6-5-7-9-18;/h5-9,16H,3-4,10-15,17H2,1-2H3,(H2,23,24,26);1H. The molecule has 0 unspecified atom stereocenters. The highest BCUT2D eigenvalue weighted by atomic mass is 127. The summed E-state index contributed by atoms with van der Waals surface area (Å²) in [5, 5.41) is 7.52. The molecule has 1 saturated heterocycles. The van der Waals surface area contributed by atoms with Gasteiger partial charge in [-0.2, -0.15) is 0 Å². The molecule has 0 radical (unpaired) electrons. The minimum Gasteiger partial charge on any atom is -0.368 e. The molecule has 170 valence electrons. The van der Waals surface area contributed by atoms with E-state index in [1.807, 2.05) is 24.1 Å². The van der Waals surface area contributed by atoms with Crippen LogP contribution >= 0.6 is 35.3 Å². The predicted octanol–water partition coefficient (Wildman–Crippen LogP) is 3.12. The molecular weight excluding hydrogens is 523 g/mol. The Morgan fingerprint density at radius 3 is 2.52 bits per heavy atom. The van der Waals surface area contributed by atoms with Crippen LogP contribution in [0, 0.1) is 0 Å². The third-order valence-corrected chi connectivity index (χ3v) is 6.18. The number of nitrogens with zero attached hydrogens (tertiary/aromatic N) is 4. The SMILES string of the molecule is CCNC(=NCc1ncc(CC)s1)NCCC(=O)N1CCN(c2ccccc2)CC1.I. The number of guanidine groups is 1. The Kier molecular flexibility index (Phi) is 11.1. The Hall–Kier alpha value is -1.88. The van der Waals surface area contributed by atoms with E-state index in [1.54, 1.807) is 11.3 Å². The Morgan fingerprint density at radius 2 is 1.87 bits per heavy atom. The number of hydrogen-bond acceptors (Lipinski definition) is 5. The smallest absolute Gasteiger partial charge is 0.224 e. The van der Waals surface area contributed by atoms with E-state index < -0.39 is 0 Å². The van der Waals surface area contributed by atoms with Crippen LogP contribution < -0.4 is 15.5 Å². The van der Waals surface area contributed by atoms with Crippen molar-refractivity contribution in [3.63, 3.8) is 0 Å². The summed E-state index contributed by atoms with van der Waals surface area (Å²) in [4.78, 5) is 27.2. The lowest BCUT2D eigenvalue weighted by atomic mass is 10.2. The minimum absolute atomic E-state index is 0. The lowest BCUT2D eigenvalue weighted by Gasteiger charge is -2.36. The third-order valence-electron chi connectivity index (χ3n) is 5.05. The first-order chi connectivity index (χ1) is 14.7. The summed E-state index contributed by atoms with van der Waals surface area (Å²) in [6, 6.07) is 10.4. The fourth-order valence-electron chi connectivity index (χ4n) is 3.37. The van der Waals surface area contributed by atoms with Crippen LogP contribution in [0.3, 0.4) is 0 Å². The molecule has 1 amide bonds. The number of piperazine rings is 1. The first-order valence-corrected chi connectivity index (χ1v) is 11.5. The second kappa shape index (κ2) is 13.5. The van der Waals surface area contributed by atoms with Crippen molar-refractivity contribution in [2.24, 2.45) is 4.99 Å². The Bertz CT molecular complexity index is 820. The summed E-state index contributed by atoms with van der Waals surface area (Å²) < 4.78 is 0. The maximum absolute atomic E-state index is 12.6. The van der Waals surface area contributed by atoms with Gasteiger partial charge in [0.15, 0.2) is 5.96 Å². The van der Waals surface area contributed by atoms with E-state index in [9.17, 15) is 4.79 Å². The highest BCUT2D eigenvalue weighted by Gasteiger charge is 2.20. The number of carbonyl (C=O) groups is 1. The minimum atomic E-state index is 0. The van der Waals surface area contributed by atoms with Gasteiger partial charge in [0.05, 0.1) is 6.54 Å². The molecule has 1 aromatic heterocycles. The zero-order valence-electron chi connectivity index (χ0n) is 18.3. The van der Waals surface area contributed by atoms with E-state index in [2.05, 4.69) is 56.7 Å². The molecule has 1 fully saturated rings. The van der Waals surface area contributed by atoms with E-state index in [1.165, 1.54) is 10.6 Å². The molecule has 1 aliphatic heterocycles. The van der Waals surface area contributed by atoms with Gasteiger partial charge < -0.3 is 20.4 Å². The number of benzene rings is 1. The average molecular weight is 557 g/mol. The largest absolute Gasteiger partial charge is 0.368 e. The van der Waals surface area contributed by atoms with Crippen molar-refractivity contribution in [1.82, 2.24) is 20.5 Å². The molecule has 3 rings (SSSR count). The average Bonchev–Trinajstić information content (AvgIpc) is 3.26. The molecule has 0 atom stereocenters. The molecule has 1 aliphatic rings. The van der Waals surface area contributed by atoms with Crippen LogP contribution in [0.5, 0.6) is 0 Å². The van der Waals surface area contributed by atoms with Gasteiger partial charge in [-0.1, -0.05) is 25.1 Å². The van der Waals surface area contributed by atoms with Crippen LogP contribution in [0.15, 0.2) is 41.5 Å². The summed E-state index contributed by atoms with van der Waals surface area (Å²) in [5.74, 6) is 0.922. The first kappa shape index (κ1) is 25.4. The molecule has 0 bridgehead atoms. The number of hydrogen-bond donors (Lipinski definition) is 2. The molecule has 9 heteroatoms. The van der Waals surface area contributed by atoms with Crippen molar-refractivity contribution < 1.29 is 4.79 Å². The molecule has 2 heterocycles. The summed E-state index contributed by atoms with van der Waals surface area (Å²) in [6.45, 7) is 9.35. The summed E-state index contributed by atoms with van der Waals surface area (Å²) in [7, 11) is 0. The molecule has 1 aromatic carbocycles. The zero-order valence-corrected chi connectivity index (χ0v) is 21.5. The van der Waals surface area contributed by atoms with Gasteiger partial charge in [-0.15, -0.1) is 35.3 Å². The van der Waals surface area contributed by atoms with Gasteiger partial charge in [-0.05, 0) is 25.5 Å². The van der Waals surface area contributed by atoms with Crippen molar-refractivity contribution in [1.29, 1.82) is 0 Å². The van der Waals surface area contributed by atoms with E-state index in [0.717, 1.165) is 50.1 Å². The van der Waals surface area contributed by atoms with Crippen LogP contribution in [0.4, 0.5) is 5.69 Å². The van der Waals surface area contributed by atoms with Crippen molar-refractivity contribution >= 4 is 52.9 Å². The number of amides is 1. The van der Waals surface area contributed by atoms with Crippen molar-refractivity contribution in [3.05, 3.63) is 46.4 Å². The van der Waals surface area contributed by atoms with Gasteiger partial charge in [-0.3, -0.25) is 4.79 Å². The second-order valence-electron chi connectivity index (χ2n) is 7.15. The van der Waals surface area contributed by atoms with Gasteiger partial charge in [0.2, 0.25) is 5.91 Å². The molecule has 2 aromatic rings. The van der Waals surface area contributed by atoms with Crippen molar-refractivity contribution in [2.45, 2.75) is 33.2 Å². The molecule has 0 saturated carbocycles. The Balaban J connectivity index is 0.00000341. The monoisotopic (exact) mass is 556 g/mol. The third kappa shape index (κ3) is 7.95. The summed E-state index contributed by atoms with van der Waals surface area (Å²) >= 11 is 1.70. The van der Waals surface area contributed by atoms with Gasteiger partial charge in [0.1, 0.15) is 5.01 Å². The number of carbonyl (C=O) groups excluding carboxylic acids is 1. The lowest BCUT2D eigenvalue weighted by molar-refractivity contribution is -0.131. The Labute approximate surface area is 206 Å².